The molecular weight excluding hydrogens is 230 g/mol. The summed E-state index contributed by atoms with van der Waals surface area (Å²) in [6, 6.07) is 5.44. The van der Waals surface area contributed by atoms with Gasteiger partial charge in [-0.25, -0.2) is 0 Å². The van der Waals surface area contributed by atoms with E-state index in [0.717, 1.165) is 15.2 Å². The average molecular weight is 235 g/mol. The van der Waals surface area contributed by atoms with Crippen molar-refractivity contribution in [3.63, 3.8) is 0 Å². The molecule has 0 amide bonds. The summed E-state index contributed by atoms with van der Waals surface area (Å²) in [5, 5.41) is 10.5. The third-order valence-corrected chi connectivity index (χ3v) is 2.54. The third-order valence-electron chi connectivity index (χ3n) is 1.85. The van der Waals surface area contributed by atoms with Crippen LogP contribution in [0.1, 0.15) is 0 Å². The van der Waals surface area contributed by atoms with E-state index in [2.05, 4.69) is 25.9 Å². The van der Waals surface area contributed by atoms with Crippen molar-refractivity contribution < 1.29 is 0 Å². The lowest BCUT2D eigenvalue weighted by Crippen LogP contribution is -1.76. The van der Waals surface area contributed by atoms with Crippen molar-refractivity contribution >= 4 is 32.4 Å². The maximum Gasteiger partial charge on any atom is 0.394 e. The van der Waals surface area contributed by atoms with Crippen molar-refractivity contribution in [1.82, 2.24) is 4.98 Å². The summed E-state index contributed by atoms with van der Waals surface area (Å²) in [5.74, 6) is 0. The zero-order valence-corrected chi connectivity index (χ0v) is 8.19. The molecular formula is C9H5BrN3+. The molecule has 1 heterocycles. The van der Waals surface area contributed by atoms with E-state index in [0.29, 0.717) is 5.69 Å². The van der Waals surface area contributed by atoms with Crippen LogP contribution in [0.4, 0.5) is 5.69 Å². The molecule has 0 N–H and O–H groups in total. The maximum absolute atomic E-state index is 8.71. The smallest absolute Gasteiger partial charge is 0.264 e. The van der Waals surface area contributed by atoms with Gasteiger partial charge in [-0.2, -0.15) is 0 Å². The third kappa shape index (κ3) is 1.27. The predicted molar refractivity (Wildman–Crippen MR) is 54.2 cm³/mol. The van der Waals surface area contributed by atoms with Crippen LogP contribution in [0.5, 0.6) is 0 Å². The van der Waals surface area contributed by atoms with Gasteiger partial charge in [-0.1, -0.05) is 15.9 Å². The van der Waals surface area contributed by atoms with Crippen molar-refractivity contribution in [3.8, 4) is 0 Å². The Morgan fingerprint density at radius 3 is 2.85 bits per heavy atom. The van der Waals surface area contributed by atoms with Gasteiger partial charge in [-0.15, -0.1) is 0 Å². The van der Waals surface area contributed by atoms with Crippen molar-refractivity contribution in [1.29, 1.82) is 5.39 Å². The molecule has 1 aromatic carbocycles. The van der Waals surface area contributed by atoms with Crippen molar-refractivity contribution in [2.45, 2.75) is 0 Å². The fourth-order valence-corrected chi connectivity index (χ4v) is 1.70. The van der Waals surface area contributed by atoms with Crippen LogP contribution in [0.3, 0.4) is 0 Å². The Labute approximate surface area is 83.2 Å². The first-order valence-electron chi connectivity index (χ1n) is 3.70. The number of halogens is 1. The molecule has 13 heavy (non-hydrogen) atoms. The van der Waals surface area contributed by atoms with E-state index in [1.807, 2.05) is 12.1 Å². The molecule has 0 saturated carbocycles. The van der Waals surface area contributed by atoms with E-state index in [9.17, 15) is 0 Å². The van der Waals surface area contributed by atoms with E-state index in [-0.39, 0.29) is 0 Å². The van der Waals surface area contributed by atoms with Crippen molar-refractivity contribution in [3.05, 3.63) is 40.0 Å². The summed E-state index contributed by atoms with van der Waals surface area (Å²) in [6.45, 7) is 0. The number of nitrogens with zero attached hydrogens (tertiary/aromatic N) is 3. The fraction of sp³-hybridized carbons (Fsp3) is 0. The Bertz CT molecular complexity index is 502. The standard InChI is InChI=1S/C9H5BrN3/c10-8-1-2-9(13-11)7-5-12-4-3-6(7)8/h1-5H/q+1. The van der Waals surface area contributed by atoms with Crippen LogP contribution in [-0.4, -0.2) is 4.98 Å². The molecule has 3 nitrogen and oxygen atoms in total. The molecule has 0 spiro atoms. The van der Waals surface area contributed by atoms with E-state index in [4.69, 9.17) is 5.39 Å². The fourth-order valence-electron chi connectivity index (χ4n) is 1.23. The summed E-state index contributed by atoms with van der Waals surface area (Å²) in [5.41, 5.74) is 0.534. The van der Waals surface area contributed by atoms with Gasteiger partial charge in [0.1, 0.15) is 0 Å². The Morgan fingerprint density at radius 2 is 2.08 bits per heavy atom. The highest BCUT2D eigenvalue weighted by Crippen LogP contribution is 2.30. The minimum atomic E-state index is 0.534. The molecule has 0 bridgehead atoms. The second kappa shape index (κ2) is 3.11. The van der Waals surface area contributed by atoms with Gasteiger partial charge in [0.25, 0.3) is 0 Å². The first kappa shape index (κ1) is 8.14. The van der Waals surface area contributed by atoms with Crippen LogP contribution in [0.15, 0.2) is 35.1 Å². The van der Waals surface area contributed by atoms with Crippen molar-refractivity contribution in [2.24, 2.45) is 0 Å². The predicted octanol–water partition coefficient (Wildman–Crippen LogP) is 3.48. The lowest BCUT2D eigenvalue weighted by atomic mass is 10.1. The lowest BCUT2D eigenvalue weighted by Gasteiger charge is -1.95. The van der Waals surface area contributed by atoms with Crippen LogP contribution in [-0.2, 0) is 0 Å². The summed E-state index contributed by atoms with van der Waals surface area (Å²) in [4.78, 5) is 7.15. The van der Waals surface area contributed by atoms with Crippen LogP contribution in [0.25, 0.3) is 15.7 Å². The molecule has 0 saturated heterocycles. The second-order valence-corrected chi connectivity index (χ2v) is 3.44. The molecule has 0 radical (unpaired) electrons. The molecule has 0 fully saturated rings. The van der Waals surface area contributed by atoms with Crippen LogP contribution >= 0.6 is 15.9 Å². The van der Waals surface area contributed by atoms with Gasteiger partial charge in [0.05, 0.1) is 5.39 Å². The SMILES string of the molecule is N#[N+]c1ccc(Br)c2ccncc12. The number of rotatable bonds is 0. The number of hydrogen-bond acceptors (Lipinski definition) is 2. The number of fused-ring (bicyclic) bond motifs is 1. The molecule has 4 heteroatoms. The van der Waals surface area contributed by atoms with E-state index in [1.165, 1.54) is 0 Å². The minimum Gasteiger partial charge on any atom is -0.264 e. The monoisotopic (exact) mass is 234 g/mol. The zero-order valence-electron chi connectivity index (χ0n) is 6.61. The van der Waals surface area contributed by atoms with E-state index >= 15 is 0 Å². The highest BCUT2D eigenvalue weighted by molar-refractivity contribution is 9.10. The summed E-state index contributed by atoms with van der Waals surface area (Å²) >= 11 is 3.41. The molecule has 0 atom stereocenters. The summed E-state index contributed by atoms with van der Waals surface area (Å²) in [7, 11) is 0. The highest BCUT2D eigenvalue weighted by atomic mass is 79.9. The summed E-state index contributed by atoms with van der Waals surface area (Å²) in [6.07, 6.45) is 3.38. The Balaban J connectivity index is 2.95. The average Bonchev–Trinajstić information content (AvgIpc) is 2.19. The van der Waals surface area contributed by atoms with E-state index < -0.39 is 0 Å². The second-order valence-electron chi connectivity index (χ2n) is 2.59. The first-order chi connectivity index (χ1) is 6.33. The van der Waals surface area contributed by atoms with Gasteiger partial charge in [-0.3, -0.25) is 4.98 Å². The Kier molecular flexibility index (Phi) is 1.95. The first-order valence-corrected chi connectivity index (χ1v) is 4.49. The van der Waals surface area contributed by atoms with E-state index in [1.54, 1.807) is 18.5 Å². The number of benzene rings is 1. The van der Waals surface area contributed by atoms with Gasteiger partial charge in [-0.05, 0) is 12.1 Å². The molecule has 0 aliphatic carbocycles. The van der Waals surface area contributed by atoms with Crippen LogP contribution in [0, 0.1) is 5.39 Å². The van der Waals surface area contributed by atoms with Crippen molar-refractivity contribution in [2.75, 3.05) is 0 Å². The van der Waals surface area contributed by atoms with Gasteiger partial charge in [0.2, 0.25) is 5.39 Å². The quantitative estimate of drug-likeness (QED) is 0.656. The largest absolute Gasteiger partial charge is 0.394 e. The summed E-state index contributed by atoms with van der Waals surface area (Å²) < 4.78 is 0.970. The molecule has 62 valence electrons. The molecule has 1 aromatic heterocycles. The van der Waals surface area contributed by atoms with Crippen LogP contribution in [0.2, 0.25) is 0 Å². The van der Waals surface area contributed by atoms with Crippen LogP contribution < -0.4 is 0 Å². The molecule has 0 aliphatic heterocycles. The number of diazo groups is 1. The number of hydrogen-bond donors (Lipinski definition) is 0. The molecule has 0 unspecified atom stereocenters. The maximum atomic E-state index is 8.71. The normalized spacial score (nSPS) is 9.85. The van der Waals surface area contributed by atoms with Gasteiger partial charge >= 0.3 is 5.69 Å². The zero-order chi connectivity index (χ0) is 9.26. The Morgan fingerprint density at radius 1 is 1.23 bits per heavy atom. The molecule has 2 aromatic rings. The number of pyridine rings is 1. The number of aromatic nitrogens is 1. The van der Waals surface area contributed by atoms with Gasteiger partial charge < -0.3 is 0 Å². The topological polar surface area (TPSA) is 41.0 Å². The van der Waals surface area contributed by atoms with Gasteiger partial charge in [0.15, 0.2) is 4.98 Å². The molecule has 0 aliphatic rings. The Hall–Kier alpha value is -1.47. The lowest BCUT2D eigenvalue weighted by molar-refractivity contribution is 1.36. The molecule has 2 rings (SSSR count). The highest BCUT2D eigenvalue weighted by Gasteiger charge is 2.12. The minimum absolute atomic E-state index is 0.534. The van der Waals surface area contributed by atoms with Gasteiger partial charge in [0, 0.05) is 28.3 Å².